The lowest BCUT2D eigenvalue weighted by atomic mass is 10.1. The van der Waals surface area contributed by atoms with Crippen LogP contribution in [0.4, 0.5) is 0 Å². The van der Waals surface area contributed by atoms with Crippen molar-refractivity contribution in [3.05, 3.63) is 64.7 Å². The SMILES string of the molecule is CN=C(NCCc1ccc2c(c1)CCO2)NCc1cccc(C)c1. The number of aliphatic imine (C=N–C) groups is 1. The Balaban J connectivity index is 1.46. The first kappa shape index (κ1) is 16.4. The minimum atomic E-state index is 0.775. The normalized spacial score (nSPS) is 13.3. The van der Waals surface area contributed by atoms with Gasteiger partial charge in [0.25, 0.3) is 0 Å². The number of guanidine groups is 1. The molecule has 1 aliphatic rings. The van der Waals surface area contributed by atoms with Gasteiger partial charge in [-0.1, -0.05) is 42.0 Å². The van der Waals surface area contributed by atoms with Gasteiger partial charge in [-0.3, -0.25) is 4.99 Å². The van der Waals surface area contributed by atoms with Gasteiger partial charge in [0.05, 0.1) is 6.61 Å². The van der Waals surface area contributed by atoms with E-state index in [0.29, 0.717) is 0 Å². The van der Waals surface area contributed by atoms with Gasteiger partial charge in [-0.15, -0.1) is 0 Å². The van der Waals surface area contributed by atoms with Crippen LogP contribution in [0.25, 0.3) is 0 Å². The summed E-state index contributed by atoms with van der Waals surface area (Å²) in [4.78, 5) is 4.29. The largest absolute Gasteiger partial charge is 0.493 e. The summed E-state index contributed by atoms with van der Waals surface area (Å²) < 4.78 is 5.55. The molecule has 0 unspecified atom stereocenters. The highest BCUT2D eigenvalue weighted by atomic mass is 16.5. The van der Waals surface area contributed by atoms with Crippen LogP contribution in [0.5, 0.6) is 5.75 Å². The molecular weight excluding hydrogens is 298 g/mol. The van der Waals surface area contributed by atoms with Crippen molar-refractivity contribution in [1.29, 1.82) is 0 Å². The fourth-order valence-corrected chi connectivity index (χ4v) is 2.95. The van der Waals surface area contributed by atoms with E-state index in [9.17, 15) is 0 Å². The standard InChI is InChI=1S/C20H25N3O/c1-15-4-3-5-17(12-15)14-23-20(21-2)22-10-8-16-6-7-19-18(13-16)9-11-24-19/h3-7,12-13H,8-11,14H2,1-2H3,(H2,21,22,23). The minimum Gasteiger partial charge on any atom is -0.493 e. The molecule has 4 heteroatoms. The molecule has 0 atom stereocenters. The first-order valence-corrected chi connectivity index (χ1v) is 8.49. The average molecular weight is 323 g/mol. The topological polar surface area (TPSA) is 45.7 Å². The van der Waals surface area contributed by atoms with Gasteiger partial charge < -0.3 is 15.4 Å². The maximum Gasteiger partial charge on any atom is 0.191 e. The molecule has 0 aromatic heterocycles. The quantitative estimate of drug-likeness (QED) is 0.657. The summed E-state index contributed by atoms with van der Waals surface area (Å²) in [6, 6.07) is 15.0. The second kappa shape index (κ2) is 7.86. The van der Waals surface area contributed by atoms with Crippen molar-refractivity contribution < 1.29 is 4.74 Å². The Morgan fingerprint density at radius 1 is 1.12 bits per heavy atom. The molecule has 24 heavy (non-hydrogen) atoms. The summed E-state index contributed by atoms with van der Waals surface area (Å²) in [5, 5.41) is 6.74. The Morgan fingerprint density at radius 2 is 2.04 bits per heavy atom. The van der Waals surface area contributed by atoms with Gasteiger partial charge >= 0.3 is 0 Å². The van der Waals surface area contributed by atoms with Crippen molar-refractivity contribution in [3.8, 4) is 5.75 Å². The summed E-state index contributed by atoms with van der Waals surface area (Å²) in [5.41, 5.74) is 5.20. The zero-order chi connectivity index (χ0) is 16.8. The molecule has 2 aromatic carbocycles. The lowest BCUT2D eigenvalue weighted by Crippen LogP contribution is -2.37. The van der Waals surface area contributed by atoms with Gasteiger partial charge in [0.2, 0.25) is 0 Å². The van der Waals surface area contributed by atoms with E-state index in [1.54, 1.807) is 7.05 Å². The third kappa shape index (κ3) is 4.28. The Morgan fingerprint density at radius 3 is 2.88 bits per heavy atom. The van der Waals surface area contributed by atoms with E-state index in [1.165, 1.54) is 22.3 Å². The second-order valence-electron chi connectivity index (χ2n) is 6.13. The molecule has 3 rings (SSSR count). The van der Waals surface area contributed by atoms with E-state index in [1.807, 2.05) is 0 Å². The van der Waals surface area contributed by atoms with Gasteiger partial charge in [0.1, 0.15) is 5.75 Å². The first-order chi connectivity index (χ1) is 11.7. The Bertz CT molecular complexity index is 725. The summed E-state index contributed by atoms with van der Waals surface area (Å²) >= 11 is 0. The number of benzene rings is 2. The number of hydrogen-bond donors (Lipinski definition) is 2. The highest BCUT2D eigenvalue weighted by Gasteiger charge is 2.11. The molecule has 1 aliphatic heterocycles. The van der Waals surface area contributed by atoms with Gasteiger partial charge in [-0.05, 0) is 36.1 Å². The summed E-state index contributed by atoms with van der Waals surface area (Å²) in [5.74, 6) is 1.88. The minimum absolute atomic E-state index is 0.775. The molecule has 0 fully saturated rings. The third-order valence-electron chi connectivity index (χ3n) is 4.23. The van der Waals surface area contributed by atoms with Crippen LogP contribution >= 0.6 is 0 Å². The van der Waals surface area contributed by atoms with Crippen LogP contribution in [0.3, 0.4) is 0 Å². The third-order valence-corrected chi connectivity index (χ3v) is 4.23. The van der Waals surface area contributed by atoms with Crippen LogP contribution in [-0.4, -0.2) is 26.2 Å². The monoisotopic (exact) mass is 323 g/mol. The predicted octanol–water partition coefficient (Wildman–Crippen LogP) is 2.84. The number of nitrogens with one attached hydrogen (secondary N) is 2. The Labute approximate surface area is 144 Å². The number of nitrogens with zero attached hydrogens (tertiary/aromatic N) is 1. The number of hydrogen-bond acceptors (Lipinski definition) is 2. The molecule has 2 aromatic rings. The molecule has 126 valence electrons. The lowest BCUT2D eigenvalue weighted by molar-refractivity contribution is 0.357. The van der Waals surface area contributed by atoms with E-state index < -0.39 is 0 Å². The van der Waals surface area contributed by atoms with E-state index in [0.717, 1.165) is 44.2 Å². The van der Waals surface area contributed by atoms with Crippen LogP contribution in [0.15, 0.2) is 47.5 Å². The fourth-order valence-electron chi connectivity index (χ4n) is 2.95. The second-order valence-corrected chi connectivity index (χ2v) is 6.13. The molecular formula is C20H25N3O. The van der Waals surface area contributed by atoms with E-state index >= 15 is 0 Å². The summed E-state index contributed by atoms with van der Waals surface area (Å²) in [6.07, 6.45) is 1.99. The van der Waals surface area contributed by atoms with Crippen LogP contribution in [-0.2, 0) is 19.4 Å². The summed E-state index contributed by atoms with van der Waals surface area (Å²) in [6.45, 7) is 4.55. The van der Waals surface area contributed by atoms with Crippen molar-refractivity contribution in [2.45, 2.75) is 26.3 Å². The van der Waals surface area contributed by atoms with Gasteiger partial charge in [-0.2, -0.15) is 0 Å². The number of ether oxygens (including phenoxy) is 1. The number of rotatable bonds is 5. The zero-order valence-electron chi connectivity index (χ0n) is 14.4. The Kier molecular flexibility index (Phi) is 5.36. The van der Waals surface area contributed by atoms with E-state index in [-0.39, 0.29) is 0 Å². The van der Waals surface area contributed by atoms with Crippen molar-refractivity contribution >= 4 is 5.96 Å². The molecule has 4 nitrogen and oxygen atoms in total. The molecule has 0 amide bonds. The van der Waals surface area contributed by atoms with Crippen LogP contribution in [0, 0.1) is 6.92 Å². The van der Waals surface area contributed by atoms with E-state index in [4.69, 9.17) is 4.74 Å². The summed E-state index contributed by atoms with van der Waals surface area (Å²) in [7, 11) is 1.80. The molecule has 0 bridgehead atoms. The molecule has 2 N–H and O–H groups in total. The maximum atomic E-state index is 5.55. The van der Waals surface area contributed by atoms with Crippen LogP contribution in [0.2, 0.25) is 0 Å². The highest BCUT2D eigenvalue weighted by molar-refractivity contribution is 5.79. The first-order valence-electron chi connectivity index (χ1n) is 8.49. The van der Waals surface area contributed by atoms with Crippen molar-refractivity contribution in [1.82, 2.24) is 10.6 Å². The maximum absolute atomic E-state index is 5.55. The molecule has 0 saturated carbocycles. The fraction of sp³-hybridized carbons (Fsp3) is 0.350. The van der Waals surface area contributed by atoms with Crippen LogP contribution < -0.4 is 15.4 Å². The molecule has 1 heterocycles. The zero-order valence-corrected chi connectivity index (χ0v) is 14.4. The van der Waals surface area contributed by atoms with Crippen LogP contribution in [0.1, 0.15) is 22.3 Å². The average Bonchev–Trinajstić information content (AvgIpc) is 3.05. The number of aryl methyl sites for hydroxylation is 1. The highest BCUT2D eigenvalue weighted by Crippen LogP contribution is 2.25. The van der Waals surface area contributed by atoms with Gasteiger partial charge in [0, 0.05) is 26.6 Å². The van der Waals surface area contributed by atoms with Crippen molar-refractivity contribution in [2.75, 3.05) is 20.2 Å². The van der Waals surface area contributed by atoms with Gasteiger partial charge in [-0.25, -0.2) is 0 Å². The van der Waals surface area contributed by atoms with E-state index in [2.05, 4.69) is 65.0 Å². The lowest BCUT2D eigenvalue weighted by Gasteiger charge is -2.12. The molecule has 0 saturated heterocycles. The van der Waals surface area contributed by atoms with Gasteiger partial charge in [0.15, 0.2) is 5.96 Å². The van der Waals surface area contributed by atoms with Crippen molar-refractivity contribution in [3.63, 3.8) is 0 Å². The van der Waals surface area contributed by atoms with Crippen molar-refractivity contribution in [2.24, 2.45) is 4.99 Å². The Hall–Kier alpha value is -2.49. The predicted molar refractivity (Wildman–Crippen MR) is 98.7 cm³/mol. The molecule has 0 aliphatic carbocycles. The number of fused-ring (bicyclic) bond motifs is 1. The smallest absolute Gasteiger partial charge is 0.191 e. The molecule has 0 spiro atoms. The molecule has 0 radical (unpaired) electrons.